The Morgan fingerprint density at radius 1 is 1.00 bits per heavy atom. The van der Waals surface area contributed by atoms with Gasteiger partial charge in [-0.1, -0.05) is 29.3 Å². The molecule has 0 saturated heterocycles. The largest absolute Gasteiger partial charge is 0.350 e. The molecule has 1 aromatic heterocycles. The number of anilines is 1. The van der Waals surface area contributed by atoms with Gasteiger partial charge in [0.15, 0.2) is 0 Å². The van der Waals surface area contributed by atoms with Crippen LogP contribution in [0.1, 0.15) is 13.8 Å². The molecule has 0 amide bonds. The van der Waals surface area contributed by atoms with E-state index in [1.165, 1.54) is 30.6 Å². The Kier molecular flexibility index (Phi) is 7.57. The lowest BCUT2D eigenvalue weighted by Gasteiger charge is -2.28. The maximum atomic E-state index is 13.7. The molecule has 166 valence electrons. The van der Waals surface area contributed by atoms with Crippen LogP contribution in [0, 0.1) is 0 Å². The number of halogens is 2. The summed E-state index contributed by atoms with van der Waals surface area (Å²) in [5, 5.41) is 0.281. The zero-order valence-corrected chi connectivity index (χ0v) is 20.0. The van der Waals surface area contributed by atoms with Crippen LogP contribution in [-0.4, -0.2) is 37.9 Å². The van der Waals surface area contributed by atoms with Crippen molar-refractivity contribution in [1.82, 2.24) is 9.97 Å². The molecule has 3 aromatic rings. The zero-order valence-electron chi connectivity index (χ0n) is 16.7. The molecule has 0 radical (unpaired) electrons. The van der Waals surface area contributed by atoms with Crippen LogP contribution < -0.4 is 4.31 Å². The lowest BCUT2D eigenvalue weighted by Crippen LogP contribution is -2.33. The Morgan fingerprint density at radius 2 is 1.61 bits per heavy atom. The van der Waals surface area contributed by atoms with Crippen molar-refractivity contribution in [2.75, 3.05) is 23.8 Å². The number of fused-ring (bicyclic) bond motifs is 1. The van der Waals surface area contributed by atoms with Gasteiger partial charge in [0.1, 0.15) is 11.8 Å². The van der Waals surface area contributed by atoms with Gasteiger partial charge in [-0.15, -0.1) is 0 Å². The first-order valence-electron chi connectivity index (χ1n) is 9.27. The summed E-state index contributed by atoms with van der Waals surface area (Å²) in [5.74, 6) is 0. The summed E-state index contributed by atoms with van der Waals surface area (Å²) >= 11 is 12.1. The maximum Gasteiger partial charge on any atom is 0.350 e. The lowest BCUT2D eigenvalue weighted by atomic mass is 10.2. The number of aromatic nitrogens is 2. The maximum absolute atomic E-state index is 13.7. The molecule has 0 unspecified atom stereocenters. The Morgan fingerprint density at radius 3 is 2.23 bits per heavy atom. The fourth-order valence-electron chi connectivity index (χ4n) is 2.93. The predicted octanol–water partition coefficient (Wildman–Crippen LogP) is 5.36. The van der Waals surface area contributed by atoms with Crippen LogP contribution in [0.2, 0.25) is 10.0 Å². The first-order valence-corrected chi connectivity index (χ1v) is 13.2. The van der Waals surface area contributed by atoms with Gasteiger partial charge in [0.25, 0.3) is 10.0 Å². The number of sulfonamides is 1. The first kappa shape index (κ1) is 23.9. The molecule has 3 rings (SSSR count). The molecule has 0 fully saturated rings. The zero-order chi connectivity index (χ0) is 22.6. The van der Waals surface area contributed by atoms with Crippen LogP contribution in [0.25, 0.3) is 11.0 Å². The van der Waals surface area contributed by atoms with Crippen molar-refractivity contribution in [3.63, 3.8) is 0 Å². The van der Waals surface area contributed by atoms with E-state index in [9.17, 15) is 13.0 Å². The quantitative estimate of drug-likeness (QED) is 0.362. The average Bonchev–Trinajstić information content (AvgIpc) is 2.71. The van der Waals surface area contributed by atoms with E-state index < -0.39 is 23.9 Å². The molecule has 0 N–H and O–H groups in total. The molecule has 12 heteroatoms. The second kappa shape index (κ2) is 9.81. The van der Waals surface area contributed by atoms with Crippen LogP contribution in [0.3, 0.4) is 0 Å². The molecule has 8 nitrogen and oxygen atoms in total. The summed E-state index contributed by atoms with van der Waals surface area (Å²) in [7, 11) is -8.12. The van der Waals surface area contributed by atoms with Crippen molar-refractivity contribution in [1.29, 1.82) is 0 Å². The standard InChI is InChI=1S/C19H20Cl2N3O5PS/c1-3-28-30(25,29-4-2)13-24(18-7-5-6-17-19(18)23-9-8-22-17)31(26,27)16-11-14(20)10-15(21)12-16/h5-12H,3-4,13H2,1-2H3. The van der Waals surface area contributed by atoms with Gasteiger partial charge in [-0.2, -0.15) is 0 Å². The van der Waals surface area contributed by atoms with E-state index in [0.717, 1.165) is 4.31 Å². The number of rotatable bonds is 9. The lowest BCUT2D eigenvalue weighted by molar-refractivity contribution is 0.221. The van der Waals surface area contributed by atoms with E-state index in [1.807, 2.05) is 0 Å². The highest BCUT2D eigenvalue weighted by Gasteiger charge is 2.36. The van der Waals surface area contributed by atoms with Crippen LogP contribution in [-0.2, 0) is 23.6 Å². The van der Waals surface area contributed by atoms with Gasteiger partial charge < -0.3 is 9.05 Å². The van der Waals surface area contributed by atoms with E-state index >= 15 is 0 Å². The molecule has 1 heterocycles. The van der Waals surface area contributed by atoms with E-state index in [4.69, 9.17) is 32.2 Å². The average molecular weight is 504 g/mol. The summed E-state index contributed by atoms with van der Waals surface area (Å²) < 4.78 is 52.3. The van der Waals surface area contributed by atoms with Gasteiger partial charge in [-0.25, -0.2) is 8.42 Å². The minimum absolute atomic E-state index is 0.0729. The highest BCUT2D eigenvalue weighted by molar-refractivity contribution is 7.93. The van der Waals surface area contributed by atoms with Gasteiger partial charge in [0.05, 0.1) is 29.3 Å². The topological polar surface area (TPSA) is 98.7 Å². The van der Waals surface area contributed by atoms with Crippen molar-refractivity contribution >= 4 is 57.5 Å². The third-order valence-corrected chi connectivity index (χ3v) is 8.42. The van der Waals surface area contributed by atoms with Crippen molar-refractivity contribution in [3.05, 3.63) is 58.8 Å². The summed E-state index contributed by atoms with van der Waals surface area (Å²) in [6.07, 6.45) is 2.36. The molecular weight excluding hydrogens is 484 g/mol. The van der Waals surface area contributed by atoms with Gasteiger partial charge in [0.2, 0.25) is 0 Å². The van der Waals surface area contributed by atoms with Crippen LogP contribution in [0.5, 0.6) is 0 Å². The molecule has 2 aromatic carbocycles. The van der Waals surface area contributed by atoms with Crippen LogP contribution in [0.15, 0.2) is 53.7 Å². The number of hydrogen-bond donors (Lipinski definition) is 0. The van der Waals surface area contributed by atoms with Gasteiger partial charge in [-0.3, -0.25) is 18.8 Å². The number of para-hydroxylation sites is 1. The Labute approximate surface area is 190 Å². The first-order chi connectivity index (χ1) is 14.7. The molecule has 31 heavy (non-hydrogen) atoms. The molecule has 0 atom stereocenters. The summed E-state index contributed by atoms with van der Waals surface area (Å²) in [5.41, 5.74) is 0.939. The Hall–Kier alpha value is -1.74. The molecule has 0 aliphatic rings. The number of nitrogens with zero attached hydrogens (tertiary/aromatic N) is 3. The van der Waals surface area contributed by atoms with E-state index in [0.29, 0.717) is 11.0 Å². The minimum atomic E-state index is -4.30. The molecule has 0 aliphatic heterocycles. The summed E-state index contributed by atoms with van der Waals surface area (Å²) in [6.45, 7) is 3.43. The number of benzene rings is 2. The second-order valence-electron chi connectivity index (χ2n) is 6.25. The molecule has 0 spiro atoms. The predicted molar refractivity (Wildman–Crippen MR) is 121 cm³/mol. The van der Waals surface area contributed by atoms with Crippen molar-refractivity contribution in [3.8, 4) is 0 Å². The van der Waals surface area contributed by atoms with Crippen molar-refractivity contribution in [2.45, 2.75) is 18.7 Å². The molecular formula is C19H20Cl2N3O5PS. The smallest absolute Gasteiger partial charge is 0.308 e. The fourth-order valence-corrected chi connectivity index (χ4v) is 7.33. The molecule has 0 aliphatic carbocycles. The third kappa shape index (κ3) is 5.37. The summed E-state index contributed by atoms with van der Waals surface area (Å²) in [4.78, 5) is 8.32. The fraction of sp³-hybridized carbons (Fsp3) is 0.263. The van der Waals surface area contributed by atoms with Crippen molar-refractivity contribution < 1.29 is 22.0 Å². The SMILES string of the molecule is CCOP(=O)(CN(c1cccc2nccnc12)S(=O)(=O)c1cc(Cl)cc(Cl)c1)OCC. The normalized spacial score (nSPS) is 12.3. The number of hydrogen-bond acceptors (Lipinski definition) is 7. The Balaban J connectivity index is 2.24. The van der Waals surface area contributed by atoms with Crippen molar-refractivity contribution in [2.24, 2.45) is 0 Å². The van der Waals surface area contributed by atoms with E-state index in [2.05, 4.69) is 9.97 Å². The van der Waals surface area contributed by atoms with Gasteiger partial charge >= 0.3 is 7.60 Å². The van der Waals surface area contributed by atoms with Gasteiger partial charge in [-0.05, 0) is 44.2 Å². The van der Waals surface area contributed by atoms with Gasteiger partial charge in [0, 0.05) is 22.4 Å². The third-order valence-electron chi connectivity index (χ3n) is 4.12. The van der Waals surface area contributed by atoms with Crippen LogP contribution in [0.4, 0.5) is 5.69 Å². The second-order valence-corrected chi connectivity index (χ2v) is 11.0. The molecule has 0 saturated carbocycles. The Bertz CT molecular complexity index is 1210. The van der Waals surface area contributed by atoms with E-state index in [-0.39, 0.29) is 33.8 Å². The highest BCUT2D eigenvalue weighted by Crippen LogP contribution is 2.50. The van der Waals surface area contributed by atoms with Crippen LogP contribution >= 0.6 is 30.8 Å². The summed E-state index contributed by atoms with van der Waals surface area (Å²) in [6, 6.07) is 8.81. The highest BCUT2D eigenvalue weighted by atomic mass is 35.5. The monoisotopic (exact) mass is 503 g/mol. The van der Waals surface area contributed by atoms with E-state index in [1.54, 1.807) is 32.0 Å². The molecule has 0 bridgehead atoms. The minimum Gasteiger partial charge on any atom is -0.308 e.